The van der Waals surface area contributed by atoms with Crippen molar-refractivity contribution >= 4 is 5.91 Å². The van der Waals surface area contributed by atoms with Crippen LogP contribution in [0.3, 0.4) is 0 Å². The quantitative estimate of drug-likeness (QED) is 0.835. The fourth-order valence-corrected chi connectivity index (χ4v) is 2.31. The minimum absolute atomic E-state index is 0.240. The lowest BCUT2D eigenvalue weighted by Gasteiger charge is -2.34. The first-order chi connectivity index (χ1) is 8.16. The first-order valence-electron chi connectivity index (χ1n) is 6.22. The van der Waals surface area contributed by atoms with Crippen molar-refractivity contribution in [3.05, 3.63) is 35.4 Å². The van der Waals surface area contributed by atoms with Crippen LogP contribution in [0.15, 0.2) is 24.3 Å². The highest BCUT2D eigenvalue weighted by atomic mass is 16.2. The van der Waals surface area contributed by atoms with E-state index < -0.39 is 0 Å². The van der Waals surface area contributed by atoms with E-state index in [0.29, 0.717) is 12.5 Å². The molecule has 1 aromatic carbocycles. The van der Waals surface area contributed by atoms with E-state index in [9.17, 15) is 4.79 Å². The van der Waals surface area contributed by atoms with Crippen LogP contribution >= 0.6 is 0 Å². The fourth-order valence-electron chi connectivity index (χ4n) is 2.31. The molecule has 0 saturated carbocycles. The number of rotatable bonds is 2. The summed E-state index contributed by atoms with van der Waals surface area (Å²) in [7, 11) is 0. The molecular formula is C14H20N2O. The van der Waals surface area contributed by atoms with Gasteiger partial charge in [-0.2, -0.15) is 0 Å². The lowest BCUT2D eigenvalue weighted by Crippen LogP contribution is -2.52. The Bertz CT molecular complexity index is 403. The van der Waals surface area contributed by atoms with Crippen molar-refractivity contribution < 1.29 is 4.79 Å². The van der Waals surface area contributed by atoms with Gasteiger partial charge in [-0.05, 0) is 19.4 Å². The van der Waals surface area contributed by atoms with Crippen molar-refractivity contribution in [2.24, 2.45) is 0 Å². The average molecular weight is 232 g/mol. The van der Waals surface area contributed by atoms with Gasteiger partial charge < -0.3 is 10.2 Å². The minimum Gasteiger partial charge on any atom is -0.337 e. The van der Waals surface area contributed by atoms with Crippen molar-refractivity contribution in [2.45, 2.75) is 26.3 Å². The largest absolute Gasteiger partial charge is 0.337 e. The van der Waals surface area contributed by atoms with Crippen LogP contribution in [0.4, 0.5) is 0 Å². The molecule has 17 heavy (non-hydrogen) atoms. The van der Waals surface area contributed by atoms with Gasteiger partial charge in [0.1, 0.15) is 0 Å². The van der Waals surface area contributed by atoms with Crippen LogP contribution in [0.2, 0.25) is 0 Å². The Morgan fingerprint density at radius 1 is 1.53 bits per heavy atom. The van der Waals surface area contributed by atoms with Gasteiger partial charge in [0.25, 0.3) is 0 Å². The first kappa shape index (κ1) is 12.1. The zero-order chi connectivity index (χ0) is 12.3. The van der Waals surface area contributed by atoms with Gasteiger partial charge in [0.2, 0.25) is 5.91 Å². The Labute approximate surface area is 103 Å². The summed E-state index contributed by atoms with van der Waals surface area (Å²) >= 11 is 0. The third-order valence-corrected chi connectivity index (χ3v) is 3.26. The van der Waals surface area contributed by atoms with E-state index in [1.165, 1.54) is 5.56 Å². The van der Waals surface area contributed by atoms with Crippen molar-refractivity contribution in [1.82, 2.24) is 10.2 Å². The van der Waals surface area contributed by atoms with Crippen LogP contribution in [0.1, 0.15) is 18.1 Å². The smallest absolute Gasteiger partial charge is 0.227 e. The molecule has 1 unspecified atom stereocenters. The van der Waals surface area contributed by atoms with Crippen LogP contribution in [0.25, 0.3) is 0 Å². The molecule has 0 spiro atoms. The molecule has 3 heteroatoms. The van der Waals surface area contributed by atoms with Gasteiger partial charge >= 0.3 is 0 Å². The molecule has 1 aliphatic heterocycles. The predicted octanol–water partition coefficient (Wildman–Crippen LogP) is 1.36. The Hall–Kier alpha value is -1.35. The van der Waals surface area contributed by atoms with Crippen LogP contribution in [-0.4, -0.2) is 36.5 Å². The van der Waals surface area contributed by atoms with Crippen LogP contribution in [-0.2, 0) is 11.2 Å². The number of amides is 1. The predicted molar refractivity (Wildman–Crippen MR) is 68.9 cm³/mol. The van der Waals surface area contributed by atoms with Gasteiger partial charge in [0.05, 0.1) is 6.42 Å². The molecule has 1 aromatic rings. The average Bonchev–Trinajstić information content (AvgIpc) is 2.29. The summed E-state index contributed by atoms with van der Waals surface area (Å²) in [5, 5.41) is 3.30. The molecule has 1 N–H and O–H groups in total. The maximum Gasteiger partial charge on any atom is 0.227 e. The Balaban J connectivity index is 2.01. The number of hydrogen-bond donors (Lipinski definition) is 1. The van der Waals surface area contributed by atoms with Gasteiger partial charge in [-0.3, -0.25) is 4.79 Å². The number of benzene rings is 1. The Morgan fingerprint density at radius 2 is 2.35 bits per heavy atom. The first-order valence-corrected chi connectivity index (χ1v) is 6.22. The second kappa shape index (κ2) is 5.32. The lowest BCUT2D eigenvalue weighted by atomic mass is 10.1. The van der Waals surface area contributed by atoms with E-state index >= 15 is 0 Å². The molecule has 1 heterocycles. The highest BCUT2D eigenvalue weighted by Crippen LogP contribution is 2.09. The van der Waals surface area contributed by atoms with Crippen molar-refractivity contribution in [3.63, 3.8) is 0 Å². The number of nitrogens with one attached hydrogen (secondary N) is 1. The summed E-state index contributed by atoms with van der Waals surface area (Å²) in [5.74, 6) is 0.240. The number of piperazine rings is 1. The molecule has 2 rings (SSSR count). The van der Waals surface area contributed by atoms with Crippen molar-refractivity contribution in [2.75, 3.05) is 19.6 Å². The van der Waals surface area contributed by atoms with Gasteiger partial charge in [0, 0.05) is 25.7 Å². The van der Waals surface area contributed by atoms with Crippen molar-refractivity contribution in [3.8, 4) is 0 Å². The summed E-state index contributed by atoms with van der Waals surface area (Å²) in [4.78, 5) is 14.2. The summed E-state index contributed by atoms with van der Waals surface area (Å²) in [5.41, 5.74) is 2.32. The lowest BCUT2D eigenvalue weighted by molar-refractivity contribution is -0.133. The molecule has 3 nitrogen and oxygen atoms in total. The molecule has 1 aliphatic rings. The van der Waals surface area contributed by atoms with Crippen LogP contribution in [0, 0.1) is 6.92 Å². The molecular weight excluding hydrogens is 212 g/mol. The van der Waals surface area contributed by atoms with E-state index in [4.69, 9.17) is 0 Å². The SMILES string of the molecule is Cc1cccc(CC(=O)N2CCNCC2C)c1. The van der Waals surface area contributed by atoms with E-state index in [-0.39, 0.29) is 5.91 Å². The summed E-state index contributed by atoms with van der Waals surface area (Å²) in [6, 6.07) is 8.49. The fraction of sp³-hybridized carbons (Fsp3) is 0.500. The summed E-state index contributed by atoms with van der Waals surface area (Å²) in [6.45, 7) is 6.79. The number of hydrogen-bond acceptors (Lipinski definition) is 2. The van der Waals surface area contributed by atoms with E-state index in [2.05, 4.69) is 31.3 Å². The maximum atomic E-state index is 12.2. The van der Waals surface area contributed by atoms with E-state index in [1.807, 2.05) is 17.0 Å². The zero-order valence-electron chi connectivity index (χ0n) is 10.6. The Kier molecular flexibility index (Phi) is 3.79. The molecule has 0 aromatic heterocycles. The minimum atomic E-state index is 0.240. The third-order valence-electron chi connectivity index (χ3n) is 3.26. The van der Waals surface area contributed by atoms with E-state index in [0.717, 1.165) is 25.2 Å². The van der Waals surface area contributed by atoms with Gasteiger partial charge in [0.15, 0.2) is 0 Å². The number of nitrogens with zero attached hydrogens (tertiary/aromatic N) is 1. The van der Waals surface area contributed by atoms with E-state index in [1.54, 1.807) is 0 Å². The Morgan fingerprint density at radius 3 is 3.06 bits per heavy atom. The van der Waals surface area contributed by atoms with Gasteiger partial charge in [-0.25, -0.2) is 0 Å². The molecule has 1 saturated heterocycles. The van der Waals surface area contributed by atoms with Crippen LogP contribution < -0.4 is 5.32 Å². The second-order valence-electron chi connectivity index (χ2n) is 4.81. The highest BCUT2D eigenvalue weighted by molar-refractivity contribution is 5.79. The monoisotopic (exact) mass is 232 g/mol. The topological polar surface area (TPSA) is 32.3 Å². The molecule has 1 amide bonds. The number of carbonyl (C=O) groups is 1. The number of aryl methyl sites for hydroxylation is 1. The highest BCUT2D eigenvalue weighted by Gasteiger charge is 2.22. The third kappa shape index (κ3) is 3.07. The molecule has 0 bridgehead atoms. The molecule has 0 radical (unpaired) electrons. The van der Waals surface area contributed by atoms with Gasteiger partial charge in [-0.1, -0.05) is 29.8 Å². The summed E-state index contributed by atoms with van der Waals surface area (Å²) < 4.78 is 0. The normalized spacial score (nSPS) is 20.4. The molecule has 92 valence electrons. The number of carbonyl (C=O) groups excluding carboxylic acids is 1. The van der Waals surface area contributed by atoms with Crippen molar-refractivity contribution in [1.29, 1.82) is 0 Å². The maximum absolute atomic E-state index is 12.2. The van der Waals surface area contributed by atoms with Crippen LogP contribution in [0.5, 0.6) is 0 Å². The molecule has 0 aliphatic carbocycles. The zero-order valence-corrected chi connectivity index (χ0v) is 10.6. The summed E-state index contributed by atoms with van der Waals surface area (Å²) in [6.07, 6.45) is 0.520. The molecule has 1 fully saturated rings. The standard InChI is InChI=1S/C14H20N2O/c1-11-4-3-5-13(8-11)9-14(17)16-7-6-15-10-12(16)2/h3-5,8,12,15H,6-7,9-10H2,1-2H3. The van der Waals surface area contributed by atoms with Gasteiger partial charge in [-0.15, -0.1) is 0 Å². The molecule has 1 atom stereocenters. The second-order valence-corrected chi connectivity index (χ2v) is 4.81.